The van der Waals surface area contributed by atoms with Gasteiger partial charge in [-0.05, 0) is 23.8 Å². The summed E-state index contributed by atoms with van der Waals surface area (Å²) in [7, 11) is 0. The second-order valence-corrected chi connectivity index (χ2v) is 4.49. The Kier molecular flexibility index (Phi) is 2.14. The topological polar surface area (TPSA) is 42.7 Å². The fourth-order valence-corrected chi connectivity index (χ4v) is 2.49. The fraction of sp³-hybridized carbons (Fsp3) is 0.0667. The number of benzene rings is 1. The van der Waals surface area contributed by atoms with Gasteiger partial charge in [-0.2, -0.15) is 5.10 Å². The average molecular weight is 248 g/mol. The second-order valence-electron chi connectivity index (χ2n) is 4.49. The quantitative estimate of drug-likeness (QED) is 0.720. The largest absolute Gasteiger partial charge is 0.366 e. The molecule has 0 atom stereocenters. The summed E-state index contributed by atoms with van der Waals surface area (Å²) in [5, 5.41) is 8.90. The third-order valence-electron chi connectivity index (χ3n) is 3.37. The Hall–Kier alpha value is -2.62. The van der Waals surface area contributed by atoms with Crippen LogP contribution in [0.2, 0.25) is 0 Å². The number of aromatic nitrogens is 3. The monoisotopic (exact) mass is 248 g/mol. The summed E-state index contributed by atoms with van der Waals surface area (Å²) in [5.41, 5.74) is 3.28. The number of anilines is 1. The smallest absolute Gasteiger partial charge is 0.137 e. The first-order chi connectivity index (χ1) is 9.43. The summed E-state index contributed by atoms with van der Waals surface area (Å²) < 4.78 is 1.87. The van der Waals surface area contributed by atoms with E-state index in [-0.39, 0.29) is 0 Å². The minimum absolute atomic E-state index is 0.835. The van der Waals surface area contributed by atoms with Crippen molar-refractivity contribution in [1.29, 1.82) is 0 Å². The normalized spacial score (nSPS) is 13.3. The molecule has 0 radical (unpaired) electrons. The van der Waals surface area contributed by atoms with Crippen LogP contribution >= 0.6 is 0 Å². The highest BCUT2D eigenvalue weighted by Crippen LogP contribution is 2.33. The zero-order valence-electron chi connectivity index (χ0n) is 10.2. The van der Waals surface area contributed by atoms with E-state index in [1.165, 1.54) is 0 Å². The van der Waals surface area contributed by atoms with Crippen molar-refractivity contribution in [3.8, 4) is 11.1 Å². The summed E-state index contributed by atoms with van der Waals surface area (Å²) in [4.78, 5) is 4.40. The van der Waals surface area contributed by atoms with E-state index in [1.54, 1.807) is 0 Å². The van der Waals surface area contributed by atoms with Gasteiger partial charge >= 0.3 is 0 Å². The Morgan fingerprint density at radius 2 is 2.05 bits per heavy atom. The summed E-state index contributed by atoms with van der Waals surface area (Å²) >= 11 is 0. The van der Waals surface area contributed by atoms with Crippen molar-refractivity contribution in [1.82, 2.24) is 14.8 Å². The molecule has 3 heterocycles. The van der Waals surface area contributed by atoms with Crippen LogP contribution in [0.4, 0.5) is 5.82 Å². The molecule has 2 aromatic heterocycles. The van der Waals surface area contributed by atoms with Crippen LogP contribution in [0.3, 0.4) is 0 Å². The molecule has 19 heavy (non-hydrogen) atoms. The van der Waals surface area contributed by atoms with E-state index < -0.39 is 0 Å². The van der Waals surface area contributed by atoms with Crippen LogP contribution in [0.25, 0.3) is 28.2 Å². The third kappa shape index (κ3) is 1.53. The first-order valence-corrected chi connectivity index (χ1v) is 6.25. The lowest BCUT2D eigenvalue weighted by Crippen LogP contribution is -2.09. The highest BCUT2D eigenvalue weighted by molar-refractivity contribution is 5.97. The van der Waals surface area contributed by atoms with Crippen molar-refractivity contribution in [3.63, 3.8) is 0 Å². The molecule has 0 spiro atoms. The SMILES string of the molecule is C1=Cn2ncc(-c3ccnc4ccccc34)c2NC1. The Morgan fingerprint density at radius 1 is 1.11 bits per heavy atom. The molecule has 0 fully saturated rings. The van der Waals surface area contributed by atoms with Crippen LogP contribution in [0.15, 0.2) is 48.8 Å². The van der Waals surface area contributed by atoms with Crippen LogP contribution in [-0.2, 0) is 0 Å². The molecular formula is C15H12N4. The van der Waals surface area contributed by atoms with Crippen molar-refractivity contribution in [3.05, 3.63) is 48.8 Å². The van der Waals surface area contributed by atoms with E-state index in [9.17, 15) is 0 Å². The lowest BCUT2D eigenvalue weighted by molar-refractivity contribution is 0.917. The summed E-state index contributed by atoms with van der Waals surface area (Å²) in [6, 6.07) is 10.2. The van der Waals surface area contributed by atoms with Gasteiger partial charge in [-0.3, -0.25) is 4.98 Å². The standard InChI is InChI=1S/C15H12N4/c1-2-5-14-12(4-1)11(6-8-16-14)13-10-18-19-9-3-7-17-15(13)19/h1-6,8-10,17H,7H2. The van der Waals surface area contributed by atoms with Gasteiger partial charge in [0.15, 0.2) is 0 Å². The summed E-state index contributed by atoms with van der Waals surface area (Å²) in [6.07, 6.45) is 7.79. The van der Waals surface area contributed by atoms with Crippen LogP contribution in [-0.4, -0.2) is 21.3 Å². The van der Waals surface area contributed by atoms with Gasteiger partial charge in [0.2, 0.25) is 0 Å². The lowest BCUT2D eigenvalue weighted by atomic mass is 10.0. The van der Waals surface area contributed by atoms with Crippen molar-refractivity contribution >= 4 is 22.9 Å². The molecule has 1 aromatic carbocycles. The highest BCUT2D eigenvalue weighted by Gasteiger charge is 2.14. The fourth-order valence-electron chi connectivity index (χ4n) is 2.49. The number of nitrogens with zero attached hydrogens (tertiary/aromatic N) is 3. The Labute approximate surface area is 110 Å². The van der Waals surface area contributed by atoms with Crippen molar-refractivity contribution < 1.29 is 0 Å². The zero-order valence-corrected chi connectivity index (χ0v) is 10.2. The molecule has 4 rings (SSSR count). The molecule has 0 saturated carbocycles. The summed E-state index contributed by atoms with van der Waals surface area (Å²) in [5.74, 6) is 1.04. The van der Waals surface area contributed by atoms with Gasteiger partial charge in [0.1, 0.15) is 5.82 Å². The average Bonchev–Trinajstić information content (AvgIpc) is 2.90. The van der Waals surface area contributed by atoms with Crippen LogP contribution in [0, 0.1) is 0 Å². The molecule has 0 bridgehead atoms. The van der Waals surface area contributed by atoms with E-state index in [1.807, 2.05) is 47.5 Å². The van der Waals surface area contributed by atoms with Gasteiger partial charge < -0.3 is 5.32 Å². The number of hydrogen-bond donors (Lipinski definition) is 1. The van der Waals surface area contributed by atoms with E-state index in [0.29, 0.717) is 0 Å². The van der Waals surface area contributed by atoms with E-state index in [2.05, 4.69) is 27.5 Å². The van der Waals surface area contributed by atoms with Gasteiger partial charge in [-0.25, -0.2) is 4.68 Å². The van der Waals surface area contributed by atoms with Gasteiger partial charge in [0.05, 0.1) is 11.7 Å². The second kappa shape index (κ2) is 3.95. The number of rotatable bonds is 1. The molecule has 1 aliphatic rings. The van der Waals surface area contributed by atoms with E-state index >= 15 is 0 Å². The first-order valence-electron chi connectivity index (χ1n) is 6.25. The van der Waals surface area contributed by atoms with Crippen LogP contribution in [0.1, 0.15) is 0 Å². The maximum absolute atomic E-state index is 4.40. The molecule has 1 aliphatic heterocycles. The number of hydrogen-bond acceptors (Lipinski definition) is 3. The molecule has 0 unspecified atom stereocenters. The Bertz CT molecular complexity index is 780. The maximum Gasteiger partial charge on any atom is 0.137 e. The molecule has 4 nitrogen and oxygen atoms in total. The van der Waals surface area contributed by atoms with Gasteiger partial charge in [-0.15, -0.1) is 0 Å². The molecule has 1 N–H and O–H groups in total. The molecule has 3 aromatic rings. The number of para-hydroxylation sites is 1. The predicted octanol–water partition coefficient (Wildman–Crippen LogP) is 2.99. The summed E-state index contributed by atoms with van der Waals surface area (Å²) in [6.45, 7) is 0.835. The Balaban J connectivity index is 2.01. The predicted molar refractivity (Wildman–Crippen MR) is 76.8 cm³/mol. The van der Waals surface area contributed by atoms with Crippen LogP contribution < -0.4 is 5.32 Å². The minimum Gasteiger partial charge on any atom is -0.366 e. The number of pyridine rings is 1. The molecule has 0 amide bonds. The zero-order chi connectivity index (χ0) is 12.7. The molecule has 0 aliphatic carbocycles. The third-order valence-corrected chi connectivity index (χ3v) is 3.37. The number of fused-ring (bicyclic) bond motifs is 2. The van der Waals surface area contributed by atoms with Gasteiger partial charge in [-0.1, -0.05) is 18.2 Å². The molecule has 0 saturated heterocycles. The van der Waals surface area contributed by atoms with Gasteiger partial charge in [0, 0.05) is 29.9 Å². The molecular weight excluding hydrogens is 236 g/mol. The first kappa shape index (κ1) is 10.3. The van der Waals surface area contributed by atoms with E-state index in [0.717, 1.165) is 34.4 Å². The van der Waals surface area contributed by atoms with Gasteiger partial charge in [0.25, 0.3) is 0 Å². The molecule has 4 heteroatoms. The minimum atomic E-state index is 0.835. The lowest BCUT2D eigenvalue weighted by Gasteiger charge is -2.12. The van der Waals surface area contributed by atoms with Crippen molar-refractivity contribution in [2.45, 2.75) is 0 Å². The Morgan fingerprint density at radius 3 is 3.05 bits per heavy atom. The van der Waals surface area contributed by atoms with Crippen molar-refractivity contribution in [2.75, 3.05) is 11.9 Å². The van der Waals surface area contributed by atoms with E-state index in [4.69, 9.17) is 0 Å². The highest BCUT2D eigenvalue weighted by atomic mass is 15.3. The maximum atomic E-state index is 4.40. The molecule has 92 valence electrons. The van der Waals surface area contributed by atoms with Crippen molar-refractivity contribution in [2.24, 2.45) is 0 Å². The van der Waals surface area contributed by atoms with Crippen LogP contribution in [0.5, 0.6) is 0 Å². The number of nitrogens with one attached hydrogen (secondary N) is 1.